The molecule has 53 heavy (non-hydrogen) atoms. The molecule has 9 aliphatic rings. The lowest BCUT2D eigenvalue weighted by Gasteiger charge is -2.59. The Morgan fingerprint density at radius 3 is 1.49 bits per heavy atom. The standard InChI is InChI=1S/C47H60N2O4/c50-44(52-34-15-13-32-23-42-38-11-1-3-17-46(38,40(32)25-34)19-21-48(42)28-30-7-5-8-30)36-27-37(36)45(51)53-35-16-14-33-24-43-39-12-2-4-18-47(39,41(33)26-35)20-22-49(43)29-31-9-6-10-31/h13-16,25-26,30-31,36-39,42-43H,1-12,17-24,27-29H2/t36-,37+,38-,39-,42-,43-,46-,47-/m0/s1. The third-order valence-electron chi connectivity index (χ3n) is 17.1. The van der Waals surface area contributed by atoms with Crippen molar-refractivity contribution in [3.8, 4) is 11.5 Å². The highest BCUT2D eigenvalue weighted by molar-refractivity contribution is 5.89. The summed E-state index contributed by atoms with van der Waals surface area (Å²) in [5.41, 5.74) is 6.31. The van der Waals surface area contributed by atoms with Gasteiger partial charge in [0.2, 0.25) is 0 Å². The Labute approximate surface area is 316 Å². The fourth-order valence-electron chi connectivity index (χ4n) is 13.8. The number of esters is 2. The number of carbonyl (C=O) groups is 2. The van der Waals surface area contributed by atoms with Crippen molar-refractivity contribution in [3.63, 3.8) is 0 Å². The zero-order chi connectivity index (χ0) is 35.3. The summed E-state index contributed by atoms with van der Waals surface area (Å²) in [7, 11) is 0. The highest BCUT2D eigenvalue weighted by Gasteiger charge is 2.56. The zero-order valence-corrected chi connectivity index (χ0v) is 31.9. The normalized spacial score (nSPS) is 37.5. The molecule has 2 heterocycles. The van der Waals surface area contributed by atoms with Gasteiger partial charge < -0.3 is 9.47 Å². The first-order valence-electron chi connectivity index (χ1n) is 22.2. The van der Waals surface area contributed by atoms with Crippen LogP contribution in [0.3, 0.4) is 0 Å². The highest BCUT2D eigenvalue weighted by atomic mass is 16.5. The van der Waals surface area contributed by atoms with Crippen LogP contribution in [0.1, 0.15) is 131 Å². The number of likely N-dealkylation sites (tertiary alicyclic amines) is 2. The Bertz CT molecular complexity index is 1650. The number of fused-ring (bicyclic) bond motifs is 2. The number of piperidine rings is 2. The van der Waals surface area contributed by atoms with Gasteiger partial charge in [0.15, 0.2) is 0 Å². The first kappa shape index (κ1) is 33.6. The van der Waals surface area contributed by atoms with Crippen molar-refractivity contribution in [1.29, 1.82) is 0 Å². The SMILES string of the molecule is O=C(Oc1ccc2c(c1)[C@]13CCCC[C@H]1[C@H](C2)N(CC1CCC1)CC3)[C@H]1C[C@H]1C(=O)Oc1ccc2c(c1)[C@]13CCCC[C@H]1[C@H](C2)N(CC1CCC1)CC3. The van der Waals surface area contributed by atoms with Gasteiger partial charge in [0.1, 0.15) is 11.5 Å². The molecule has 8 atom stereocenters. The van der Waals surface area contributed by atoms with E-state index in [2.05, 4.69) is 34.1 Å². The molecule has 0 unspecified atom stereocenters. The largest absolute Gasteiger partial charge is 0.426 e. The molecule has 282 valence electrons. The Balaban J connectivity index is 0.763. The summed E-state index contributed by atoms with van der Waals surface area (Å²) in [5.74, 6) is 3.18. The maximum atomic E-state index is 13.5. The molecule has 0 spiro atoms. The lowest BCUT2D eigenvalue weighted by atomic mass is 9.52. The molecule has 2 aliphatic heterocycles. The number of carbonyl (C=O) groups excluding carboxylic acids is 2. The van der Waals surface area contributed by atoms with E-state index < -0.39 is 11.8 Å². The van der Waals surface area contributed by atoms with E-state index in [1.54, 1.807) is 0 Å². The average Bonchev–Trinajstić information content (AvgIpc) is 3.95. The third-order valence-corrected chi connectivity index (χ3v) is 17.1. The van der Waals surface area contributed by atoms with Gasteiger partial charge in [-0.3, -0.25) is 19.4 Å². The summed E-state index contributed by atoms with van der Waals surface area (Å²) in [6, 6.07) is 14.3. The minimum absolute atomic E-state index is 0.223. The van der Waals surface area contributed by atoms with Crippen LogP contribution in [0.2, 0.25) is 0 Å². The molecule has 6 heteroatoms. The molecule has 7 aliphatic carbocycles. The molecule has 0 radical (unpaired) electrons. The molecule has 0 aromatic heterocycles. The molecule has 2 aromatic carbocycles. The van der Waals surface area contributed by atoms with Crippen LogP contribution < -0.4 is 9.47 Å². The zero-order valence-electron chi connectivity index (χ0n) is 31.9. The maximum Gasteiger partial charge on any atom is 0.315 e. The molecule has 4 bridgehead atoms. The van der Waals surface area contributed by atoms with Crippen LogP contribution in [0.5, 0.6) is 11.5 Å². The van der Waals surface area contributed by atoms with E-state index >= 15 is 0 Å². The smallest absolute Gasteiger partial charge is 0.315 e. The van der Waals surface area contributed by atoms with Crippen LogP contribution in [0.25, 0.3) is 0 Å². The summed E-state index contributed by atoms with van der Waals surface area (Å²) in [4.78, 5) is 32.8. The number of ether oxygens (including phenoxy) is 2. The molecule has 11 rings (SSSR count). The van der Waals surface area contributed by atoms with Crippen LogP contribution in [0.4, 0.5) is 0 Å². The molecule has 2 aromatic rings. The second kappa shape index (κ2) is 12.9. The minimum atomic E-state index is -0.419. The molecule has 6 nitrogen and oxygen atoms in total. The van der Waals surface area contributed by atoms with E-state index in [0.717, 1.165) is 24.7 Å². The molecular formula is C47H60N2O4. The van der Waals surface area contributed by atoms with Gasteiger partial charge in [-0.15, -0.1) is 0 Å². The fourth-order valence-corrected chi connectivity index (χ4v) is 13.8. The summed E-state index contributed by atoms with van der Waals surface area (Å²) in [6.07, 6.45) is 24.2. The Morgan fingerprint density at radius 1 is 0.585 bits per heavy atom. The number of rotatable bonds is 8. The summed E-state index contributed by atoms with van der Waals surface area (Å²) >= 11 is 0. The Hall–Kier alpha value is -2.70. The van der Waals surface area contributed by atoms with Crippen LogP contribution in [-0.4, -0.2) is 60.0 Å². The van der Waals surface area contributed by atoms with E-state index in [4.69, 9.17) is 9.47 Å². The van der Waals surface area contributed by atoms with Crippen molar-refractivity contribution in [1.82, 2.24) is 9.80 Å². The second-order valence-electron chi connectivity index (χ2n) is 19.6. The molecule has 7 fully saturated rings. The van der Waals surface area contributed by atoms with Gasteiger partial charge in [-0.05, 0) is 167 Å². The Kier molecular flexibility index (Phi) is 8.20. The summed E-state index contributed by atoms with van der Waals surface area (Å²) in [6.45, 7) is 5.00. The molecule has 0 amide bonds. The number of nitrogens with zero attached hydrogens (tertiary/aromatic N) is 2. The second-order valence-corrected chi connectivity index (χ2v) is 19.6. The van der Waals surface area contributed by atoms with Gasteiger partial charge in [0.05, 0.1) is 11.8 Å². The van der Waals surface area contributed by atoms with Crippen molar-refractivity contribution in [2.24, 2.45) is 35.5 Å². The minimum Gasteiger partial charge on any atom is -0.426 e. The maximum absolute atomic E-state index is 13.5. The van der Waals surface area contributed by atoms with E-state index in [1.807, 2.05) is 12.1 Å². The van der Waals surface area contributed by atoms with E-state index in [1.165, 1.54) is 151 Å². The van der Waals surface area contributed by atoms with Crippen molar-refractivity contribution in [2.45, 2.75) is 145 Å². The monoisotopic (exact) mass is 716 g/mol. The van der Waals surface area contributed by atoms with Gasteiger partial charge in [0.25, 0.3) is 0 Å². The average molecular weight is 717 g/mol. The van der Waals surface area contributed by atoms with Crippen LogP contribution in [0.15, 0.2) is 36.4 Å². The van der Waals surface area contributed by atoms with Gasteiger partial charge in [-0.2, -0.15) is 0 Å². The van der Waals surface area contributed by atoms with Gasteiger partial charge in [-0.25, -0.2) is 0 Å². The predicted octanol–water partition coefficient (Wildman–Crippen LogP) is 8.55. The fraction of sp³-hybridized carbons (Fsp3) is 0.702. The first-order chi connectivity index (χ1) is 26.0. The van der Waals surface area contributed by atoms with Gasteiger partial charge in [0, 0.05) is 36.0 Å². The van der Waals surface area contributed by atoms with Crippen molar-refractivity contribution in [2.75, 3.05) is 26.2 Å². The van der Waals surface area contributed by atoms with E-state index in [9.17, 15) is 9.59 Å². The van der Waals surface area contributed by atoms with Crippen LogP contribution in [-0.2, 0) is 33.3 Å². The topological polar surface area (TPSA) is 59.1 Å². The summed E-state index contributed by atoms with van der Waals surface area (Å²) < 4.78 is 12.2. The van der Waals surface area contributed by atoms with Crippen molar-refractivity contribution in [3.05, 3.63) is 58.7 Å². The van der Waals surface area contributed by atoms with Crippen LogP contribution in [0, 0.1) is 35.5 Å². The predicted molar refractivity (Wildman–Crippen MR) is 205 cm³/mol. The molecule has 5 saturated carbocycles. The quantitative estimate of drug-likeness (QED) is 0.202. The van der Waals surface area contributed by atoms with Crippen molar-refractivity contribution >= 4 is 11.9 Å². The molecule has 0 N–H and O–H groups in total. The van der Waals surface area contributed by atoms with Gasteiger partial charge in [-0.1, -0.05) is 50.7 Å². The van der Waals surface area contributed by atoms with Crippen molar-refractivity contribution < 1.29 is 19.1 Å². The van der Waals surface area contributed by atoms with Crippen LogP contribution >= 0.6 is 0 Å². The van der Waals surface area contributed by atoms with E-state index in [-0.39, 0.29) is 22.8 Å². The highest BCUT2D eigenvalue weighted by Crippen LogP contribution is 2.58. The number of hydrogen-bond donors (Lipinski definition) is 0. The Morgan fingerprint density at radius 2 is 1.06 bits per heavy atom. The van der Waals surface area contributed by atoms with E-state index in [0.29, 0.717) is 41.8 Å². The lowest BCUT2D eigenvalue weighted by Crippen LogP contribution is -2.61. The number of hydrogen-bond acceptors (Lipinski definition) is 6. The first-order valence-corrected chi connectivity index (χ1v) is 22.2. The summed E-state index contributed by atoms with van der Waals surface area (Å²) in [5, 5.41) is 0. The molecular weight excluding hydrogens is 657 g/mol. The lowest BCUT2D eigenvalue weighted by molar-refractivity contribution is -0.141. The van der Waals surface area contributed by atoms with Gasteiger partial charge >= 0.3 is 11.9 Å². The molecule has 2 saturated heterocycles. The third kappa shape index (κ3) is 5.52. The number of benzene rings is 2.